The van der Waals surface area contributed by atoms with Crippen molar-refractivity contribution in [1.82, 2.24) is 15.3 Å². The van der Waals surface area contributed by atoms with Crippen molar-refractivity contribution in [2.24, 2.45) is 5.92 Å². The van der Waals surface area contributed by atoms with Crippen molar-refractivity contribution < 1.29 is 4.74 Å². The third-order valence-electron chi connectivity index (χ3n) is 4.06. The van der Waals surface area contributed by atoms with Crippen LogP contribution in [0.2, 0.25) is 0 Å². The molecule has 1 unspecified atom stereocenters. The van der Waals surface area contributed by atoms with E-state index in [1.54, 1.807) is 0 Å². The molecule has 1 aromatic carbocycles. The van der Waals surface area contributed by atoms with Crippen molar-refractivity contribution in [3.63, 3.8) is 0 Å². The lowest BCUT2D eigenvalue weighted by molar-refractivity contribution is 0.0538. The van der Waals surface area contributed by atoms with Crippen molar-refractivity contribution >= 4 is 11.0 Å². The van der Waals surface area contributed by atoms with Crippen LogP contribution >= 0.6 is 0 Å². The summed E-state index contributed by atoms with van der Waals surface area (Å²) in [6.45, 7) is 4.75. The number of nitrogens with one attached hydrogen (secondary N) is 3. The summed E-state index contributed by atoms with van der Waals surface area (Å²) in [6, 6.07) is 6.49. The fraction of sp³-hybridized carbons (Fsp3) is 0.533. The van der Waals surface area contributed by atoms with Gasteiger partial charge in [0.1, 0.15) is 0 Å². The van der Waals surface area contributed by atoms with Crippen LogP contribution in [0.15, 0.2) is 23.0 Å². The van der Waals surface area contributed by atoms with Gasteiger partial charge in [0.25, 0.3) is 0 Å². The van der Waals surface area contributed by atoms with E-state index < -0.39 is 0 Å². The molecule has 1 fully saturated rings. The summed E-state index contributed by atoms with van der Waals surface area (Å²) in [5, 5.41) is 3.58. The summed E-state index contributed by atoms with van der Waals surface area (Å²) >= 11 is 0. The van der Waals surface area contributed by atoms with Gasteiger partial charge in [-0.05, 0) is 43.0 Å². The second-order valence-electron chi connectivity index (χ2n) is 5.37. The van der Waals surface area contributed by atoms with Crippen molar-refractivity contribution in [2.75, 3.05) is 19.8 Å². The molecule has 5 heteroatoms. The highest BCUT2D eigenvalue weighted by molar-refractivity contribution is 5.75. The second kappa shape index (κ2) is 5.81. The maximum absolute atomic E-state index is 11.4. The minimum atomic E-state index is -0.150. The van der Waals surface area contributed by atoms with Crippen LogP contribution in [0, 0.1) is 5.92 Å². The lowest BCUT2D eigenvalue weighted by Gasteiger charge is -2.31. The highest BCUT2D eigenvalue weighted by Crippen LogP contribution is 2.30. The second-order valence-corrected chi connectivity index (χ2v) is 5.37. The molecule has 1 aliphatic rings. The van der Waals surface area contributed by atoms with Crippen molar-refractivity contribution in [1.29, 1.82) is 0 Å². The molecule has 1 saturated heterocycles. The number of H-pyrrole nitrogens is 2. The molecule has 0 bridgehead atoms. The Morgan fingerprint density at radius 2 is 2.05 bits per heavy atom. The van der Waals surface area contributed by atoms with E-state index in [-0.39, 0.29) is 5.69 Å². The van der Waals surface area contributed by atoms with E-state index in [0.29, 0.717) is 12.0 Å². The first-order valence-electron chi connectivity index (χ1n) is 7.31. The zero-order chi connectivity index (χ0) is 13.9. The van der Waals surface area contributed by atoms with E-state index in [0.717, 1.165) is 43.6 Å². The molecule has 3 rings (SSSR count). The number of hydrogen-bond donors (Lipinski definition) is 3. The van der Waals surface area contributed by atoms with Crippen molar-refractivity contribution in [3.05, 3.63) is 34.2 Å². The van der Waals surface area contributed by atoms with Crippen molar-refractivity contribution in [2.45, 2.75) is 25.8 Å². The van der Waals surface area contributed by atoms with E-state index >= 15 is 0 Å². The Labute approximate surface area is 117 Å². The van der Waals surface area contributed by atoms with Gasteiger partial charge in [0.2, 0.25) is 0 Å². The van der Waals surface area contributed by atoms with Crippen LogP contribution in [0.1, 0.15) is 31.4 Å². The molecule has 3 N–H and O–H groups in total. The molecule has 2 heterocycles. The van der Waals surface area contributed by atoms with Crippen LogP contribution in [0.25, 0.3) is 11.0 Å². The molecule has 2 aromatic rings. The van der Waals surface area contributed by atoms with E-state index in [1.165, 1.54) is 5.56 Å². The Hall–Kier alpha value is -1.59. The largest absolute Gasteiger partial charge is 0.381 e. The summed E-state index contributed by atoms with van der Waals surface area (Å²) < 4.78 is 5.46. The summed E-state index contributed by atoms with van der Waals surface area (Å²) in [5.41, 5.74) is 2.83. The van der Waals surface area contributed by atoms with Gasteiger partial charge in [-0.3, -0.25) is 0 Å². The summed E-state index contributed by atoms with van der Waals surface area (Å²) in [5.74, 6) is 0.590. The number of benzene rings is 1. The first kappa shape index (κ1) is 13.4. The van der Waals surface area contributed by atoms with Crippen LogP contribution < -0.4 is 11.0 Å². The predicted octanol–water partition coefficient (Wildman–Crippen LogP) is 1.93. The number of aromatic nitrogens is 2. The standard InChI is InChI=1S/C15H21N3O2/c1-2-16-14(10-5-7-20-8-6-10)11-3-4-12-13(9-11)18-15(19)17-12/h3-4,9-10,14,16H,2,5-8H2,1H3,(H2,17,18,19). The molecular weight excluding hydrogens is 254 g/mol. The molecule has 108 valence electrons. The monoisotopic (exact) mass is 275 g/mol. The first-order chi connectivity index (χ1) is 9.78. The number of aromatic amines is 2. The van der Waals surface area contributed by atoms with Crippen LogP contribution in [-0.2, 0) is 4.74 Å². The molecule has 0 radical (unpaired) electrons. The van der Waals surface area contributed by atoms with Gasteiger partial charge in [0.15, 0.2) is 0 Å². The van der Waals surface area contributed by atoms with Gasteiger partial charge in [0.05, 0.1) is 11.0 Å². The predicted molar refractivity (Wildman–Crippen MR) is 78.9 cm³/mol. The van der Waals surface area contributed by atoms with Gasteiger partial charge in [-0.1, -0.05) is 13.0 Å². The highest BCUT2D eigenvalue weighted by Gasteiger charge is 2.25. The van der Waals surface area contributed by atoms with Crippen LogP contribution in [-0.4, -0.2) is 29.7 Å². The number of hydrogen-bond acceptors (Lipinski definition) is 3. The Kier molecular flexibility index (Phi) is 3.89. The van der Waals surface area contributed by atoms with E-state index in [9.17, 15) is 4.79 Å². The molecule has 1 atom stereocenters. The molecule has 5 nitrogen and oxygen atoms in total. The highest BCUT2D eigenvalue weighted by atomic mass is 16.5. The Bertz CT molecular complexity index is 625. The molecular formula is C15H21N3O2. The molecule has 0 spiro atoms. The third-order valence-corrected chi connectivity index (χ3v) is 4.06. The lowest BCUT2D eigenvalue weighted by atomic mass is 9.87. The minimum absolute atomic E-state index is 0.150. The normalized spacial score (nSPS) is 18.4. The summed E-state index contributed by atoms with van der Waals surface area (Å²) in [4.78, 5) is 17.0. The molecule has 1 aliphatic heterocycles. The summed E-state index contributed by atoms with van der Waals surface area (Å²) in [7, 11) is 0. The Morgan fingerprint density at radius 3 is 2.80 bits per heavy atom. The average Bonchev–Trinajstić information content (AvgIpc) is 2.84. The fourth-order valence-corrected chi connectivity index (χ4v) is 3.07. The molecule has 20 heavy (non-hydrogen) atoms. The van der Waals surface area contributed by atoms with E-state index in [4.69, 9.17) is 4.74 Å². The van der Waals surface area contributed by atoms with Gasteiger partial charge in [0, 0.05) is 19.3 Å². The zero-order valence-electron chi connectivity index (χ0n) is 11.7. The fourth-order valence-electron chi connectivity index (χ4n) is 3.07. The van der Waals surface area contributed by atoms with E-state index in [2.05, 4.69) is 34.3 Å². The molecule has 0 aliphatic carbocycles. The van der Waals surface area contributed by atoms with Crippen LogP contribution in [0.5, 0.6) is 0 Å². The van der Waals surface area contributed by atoms with E-state index in [1.807, 2.05) is 6.07 Å². The maximum Gasteiger partial charge on any atom is 0.323 e. The van der Waals surface area contributed by atoms with Gasteiger partial charge in [-0.15, -0.1) is 0 Å². The van der Waals surface area contributed by atoms with Crippen LogP contribution in [0.4, 0.5) is 0 Å². The maximum atomic E-state index is 11.4. The average molecular weight is 275 g/mol. The summed E-state index contributed by atoms with van der Waals surface area (Å²) in [6.07, 6.45) is 2.17. The van der Waals surface area contributed by atoms with Crippen LogP contribution in [0.3, 0.4) is 0 Å². The molecule has 0 amide bonds. The van der Waals surface area contributed by atoms with Gasteiger partial charge in [-0.2, -0.15) is 0 Å². The minimum Gasteiger partial charge on any atom is -0.381 e. The lowest BCUT2D eigenvalue weighted by Crippen LogP contribution is -2.32. The number of imidazole rings is 1. The van der Waals surface area contributed by atoms with Gasteiger partial charge >= 0.3 is 5.69 Å². The SMILES string of the molecule is CCNC(c1ccc2[nH]c(=O)[nH]c2c1)C1CCOCC1. The number of fused-ring (bicyclic) bond motifs is 1. The van der Waals surface area contributed by atoms with Crippen molar-refractivity contribution in [3.8, 4) is 0 Å². The Balaban J connectivity index is 1.92. The quantitative estimate of drug-likeness (QED) is 0.798. The topological polar surface area (TPSA) is 69.9 Å². The molecule has 0 saturated carbocycles. The smallest absolute Gasteiger partial charge is 0.323 e. The third kappa shape index (κ3) is 2.64. The zero-order valence-corrected chi connectivity index (χ0v) is 11.7. The molecule has 1 aromatic heterocycles. The van der Waals surface area contributed by atoms with Gasteiger partial charge < -0.3 is 20.0 Å². The Morgan fingerprint density at radius 1 is 1.30 bits per heavy atom. The number of ether oxygens (including phenoxy) is 1. The number of rotatable bonds is 4. The first-order valence-corrected chi connectivity index (χ1v) is 7.31. The van der Waals surface area contributed by atoms with Gasteiger partial charge in [-0.25, -0.2) is 4.79 Å².